The van der Waals surface area contributed by atoms with Crippen molar-refractivity contribution in [2.75, 3.05) is 48.8 Å². The van der Waals surface area contributed by atoms with E-state index in [9.17, 15) is 4.79 Å². The summed E-state index contributed by atoms with van der Waals surface area (Å²) in [6, 6.07) is -0.285. The Bertz CT molecular complexity index is 226. The number of unbranched alkanes of at least 4 members (excludes halogenated alkanes) is 1. The van der Waals surface area contributed by atoms with Crippen molar-refractivity contribution >= 4 is 5.97 Å². The number of hydrogen-bond acceptors (Lipinski definition) is 1. The molecule has 0 bridgehead atoms. The molecule has 0 rings (SSSR count). The summed E-state index contributed by atoms with van der Waals surface area (Å²) in [5.41, 5.74) is 0. The molecule has 16 heavy (non-hydrogen) atoms. The monoisotopic (exact) mass is 232 g/mol. The molecule has 0 spiro atoms. The molecule has 0 aliphatic heterocycles. The smallest absolute Gasteiger partial charge is 0.362 e. The minimum Gasteiger partial charge on any atom is -0.477 e. The van der Waals surface area contributed by atoms with Crippen LogP contribution in [0.15, 0.2) is 0 Å². The lowest BCUT2D eigenvalue weighted by atomic mass is 10.1. The minimum atomic E-state index is -0.683. The molecule has 0 heterocycles. The van der Waals surface area contributed by atoms with Crippen LogP contribution in [0.4, 0.5) is 0 Å². The van der Waals surface area contributed by atoms with Gasteiger partial charge in [-0.25, -0.2) is 4.79 Å². The van der Waals surface area contributed by atoms with Crippen molar-refractivity contribution in [3.63, 3.8) is 0 Å². The fraction of sp³-hybridized carbons (Fsp3) is 0.917. The molecule has 0 saturated carbocycles. The Kier molecular flexibility index (Phi) is 5.42. The van der Waals surface area contributed by atoms with Crippen LogP contribution in [-0.4, -0.2) is 74.9 Å². The van der Waals surface area contributed by atoms with Gasteiger partial charge in [0.1, 0.15) is 0 Å². The fourth-order valence-corrected chi connectivity index (χ4v) is 1.77. The highest BCUT2D eigenvalue weighted by molar-refractivity contribution is 5.72. The van der Waals surface area contributed by atoms with Gasteiger partial charge in [0.25, 0.3) is 0 Å². The number of carbonyl (C=O) groups is 1. The molecular weight excluding hydrogens is 204 g/mol. The molecule has 0 aliphatic rings. The maximum absolute atomic E-state index is 11.1. The predicted octanol–water partition coefficient (Wildman–Crippen LogP) is 1.02. The molecule has 0 amide bonds. The van der Waals surface area contributed by atoms with Gasteiger partial charge in [0.05, 0.1) is 48.8 Å². The zero-order valence-electron chi connectivity index (χ0n) is 11.7. The van der Waals surface area contributed by atoms with E-state index in [1.807, 2.05) is 21.1 Å². The molecule has 1 atom stereocenters. The highest BCUT2D eigenvalue weighted by atomic mass is 16.4. The zero-order chi connectivity index (χ0) is 13.0. The van der Waals surface area contributed by atoms with E-state index in [1.54, 1.807) is 0 Å². The Morgan fingerprint density at radius 2 is 1.56 bits per heavy atom. The quantitative estimate of drug-likeness (QED) is 0.526. The number of hydrogen-bond donors (Lipinski definition) is 1. The van der Waals surface area contributed by atoms with Crippen LogP contribution in [0.2, 0.25) is 0 Å². The summed E-state index contributed by atoms with van der Waals surface area (Å²) >= 11 is 0. The third kappa shape index (κ3) is 6.80. The third-order valence-electron chi connectivity index (χ3n) is 2.78. The van der Waals surface area contributed by atoms with Crippen molar-refractivity contribution in [1.82, 2.24) is 0 Å². The van der Waals surface area contributed by atoms with Crippen LogP contribution in [0.5, 0.6) is 0 Å². The zero-order valence-corrected chi connectivity index (χ0v) is 11.7. The molecule has 0 aliphatic carbocycles. The third-order valence-corrected chi connectivity index (χ3v) is 2.78. The van der Waals surface area contributed by atoms with Crippen molar-refractivity contribution in [2.24, 2.45) is 0 Å². The summed E-state index contributed by atoms with van der Waals surface area (Å²) in [7, 11) is 12.3. The van der Waals surface area contributed by atoms with E-state index in [-0.39, 0.29) is 6.04 Å². The maximum atomic E-state index is 11.1. The van der Waals surface area contributed by atoms with E-state index < -0.39 is 5.97 Å². The highest BCUT2D eigenvalue weighted by Crippen LogP contribution is 2.12. The maximum Gasteiger partial charge on any atom is 0.362 e. The second kappa shape index (κ2) is 5.64. The first-order chi connectivity index (χ1) is 7.04. The average Bonchev–Trinajstić information content (AvgIpc) is 1.97. The van der Waals surface area contributed by atoms with Crippen molar-refractivity contribution in [2.45, 2.75) is 25.3 Å². The summed E-state index contributed by atoms with van der Waals surface area (Å²) in [6.45, 7) is 1.10. The standard InChI is InChI=1S/C12H27N2O2/c1-13(2,3)10-8-7-9-11(12(15)16)14(4,5)6/h11H,7-10H2,1-6H3/q+1/p+1/t11-/m1/s1. The van der Waals surface area contributed by atoms with E-state index in [0.717, 1.165) is 30.3 Å². The van der Waals surface area contributed by atoms with Gasteiger partial charge < -0.3 is 14.1 Å². The number of carboxylic acid groups (broad SMARTS) is 1. The Morgan fingerprint density at radius 3 is 1.88 bits per heavy atom. The molecule has 0 aromatic heterocycles. The SMILES string of the molecule is C[N+](C)(C)CCCC[C@H](C(=O)O)[N+](C)(C)C. The first-order valence-electron chi connectivity index (χ1n) is 5.88. The Morgan fingerprint density at radius 1 is 1.06 bits per heavy atom. The molecule has 4 heteroatoms. The second-order valence-electron chi connectivity index (χ2n) is 6.48. The van der Waals surface area contributed by atoms with Crippen LogP contribution in [0, 0.1) is 0 Å². The summed E-state index contributed by atoms with van der Waals surface area (Å²) in [6.07, 6.45) is 2.84. The Hall–Kier alpha value is -0.610. The fourth-order valence-electron chi connectivity index (χ4n) is 1.77. The number of aliphatic carboxylic acids is 1. The molecular formula is C12H28N2O2+2. The van der Waals surface area contributed by atoms with Crippen LogP contribution in [0.25, 0.3) is 0 Å². The van der Waals surface area contributed by atoms with Crippen molar-refractivity contribution in [3.8, 4) is 0 Å². The van der Waals surface area contributed by atoms with E-state index in [1.165, 1.54) is 0 Å². The molecule has 0 saturated heterocycles. The van der Waals surface area contributed by atoms with E-state index >= 15 is 0 Å². The van der Waals surface area contributed by atoms with Crippen LogP contribution < -0.4 is 0 Å². The van der Waals surface area contributed by atoms with Gasteiger partial charge in [-0.2, -0.15) is 0 Å². The van der Waals surface area contributed by atoms with Gasteiger partial charge in [0, 0.05) is 6.42 Å². The van der Waals surface area contributed by atoms with Gasteiger partial charge in [-0.3, -0.25) is 0 Å². The molecule has 0 aromatic rings. The number of likely N-dealkylation sites (N-methyl/N-ethyl adjacent to an activating group) is 1. The minimum absolute atomic E-state index is 0.285. The Balaban J connectivity index is 4.02. The first-order valence-corrected chi connectivity index (χ1v) is 5.88. The summed E-state index contributed by atoms with van der Waals surface area (Å²) < 4.78 is 1.45. The number of quaternary nitrogens is 2. The van der Waals surface area contributed by atoms with Gasteiger partial charge in [0.15, 0.2) is 6.04 Å². The summed E-state index contributed by atoms with van der Waals surface area (Å²) in [5.74, 6) is -0.683. The van der Waals surface area contributed by atoms with E-state index in [0.29, 0.717) is 4.48 Å². The molecule has 1 N–H and O–H groups in total. The lowest BCUT2D eigenvalue weighted by Gasteiger charge is -2.31. The first kappa shape index (κ1) is 15.4. The van der Waals surface area contributed by atoms with Crippen molar-refractivity contribution < 1.29 is 18.9 Å². The topological polar surface area (TPSA) is 37.3 Å². The second-order valence-corrected chi connectivity index (χ2v) is 6.48. The highest BCUT2D eigenvalue weighted by Gasteiger charge is 2.30. The largest absolute Gasteiger partial charge is 0.477 e. The molecule has 4 nitrogen and oxygen atoms in total. The lowest BCUT2D eigenvalue weighted by Crippen LogP contribution is -2.49. The van der Waals surface area contributed by atoms with Crippen LogP contribution in [-0.2, 0) is 4.79 Å². The molecule has 0 fully saturated rings. The molecule has 0 radical (unpaired) electrons. The normalized spacial score (nSPS) is 14.9. The Labute approximate surface area is 99.6 Å². The van der Waals surface area contributed by atoms with Crippen molar-refractivity contribution in [3.05, 3.63) is 0 Å². The number of nitrogens with zero attached hydrogens (tertiary/aromatic N) is 2. The molecule has 0 unspecified atom stereocenters. The van der Waals surface area contributed by atoms with Gasteiger partial charge in [-0.1, -0.05) is 0 Å². The average molecular weight is 232 g/mol. The lowest BCUT2D eigenvalue weighted by molar-refractivity contribution is -0.887. The summed E-state index contributed by atoms with van der Waals surface area (Å²) in [4.78, 5) is 11.1. The molecule has 96 valence electrons. The van der Waals surface area contributed by atoms with Gasteiger partial charge >= 0.3 is 5.97 Å². The van der Waals surface area contributed by atoms with Gasteiger partial charge in [-0.15, -0.1) is 0 Å². The summed E-state index contributed by atoms with van der Waals surface area (Å²) in [5, 5.41) is 9.15. The molecule has 0 aromatic carbocycles. The van der Waals surface area contributed by atoms with Crippen LogP contribution in [0.3, 0.4) is 0 Å². The van der Waals surface area contributed by atoms with Crippen LogP contribution >= 0.6 is 0 Å². The van der Waals surface area contributed by atoms with Crippen LogP contribution in [0.1, 0.15) is 19.3 Å². The predicted molar refractivity (Wildman–Crippen MR) is 66.2 cm³/mol. The van der Waals surface area contributed by atoms with Crippen molar-refractivity contribution in [1.29, 1.82) is 0 Å². The van der Waals surface area contributed by atoms with Gasteiger partial charge in [-0.05, 0) is 12.8 Å². The van der Waals surface area contributed by atoms with E-state index in [4.69, 9.17) is 5.11 Å². The van der Waals surface area contributed by atoms with E-state index in [2.05, 4.69) is 21.1 Å². The number of carboxylic acids is 1. The van der Waals surface area contributed by atoms with Gasteiger partial charge in [0.2, 0.25) is 0 Å². The number of rotatable bonds is 7.